The average molecular weight is 549 g/mol. The SMILES string of the molecule is CCOc1ccc(CN2C=CC=C(C(NC(=O)CC3CNCCN3)c3cc(Cl)nc(-n4ccnc4)n3)C2)cc1. The molecule has 2 atom stereocenters. The van der Waals surface area contributed by atoms with Crippen molar-refractivity contribution in [2.75, 3.05) is 32.8 Å². The maximum atomic E-state index is 13.3. The molecule has 2 aromatic heterocycles. The number of carbonyl (C=O) groups is 1. The van der Waals surface area contributed by atoms with E-state index >= 15 is 0 Å². The minimum absolute atomic E-state index is 0.0615. The number of carbonyl (C=O) groups excluding carboxylic acids is 1. The number of nitrogens with zero attached hydrogens (tertiary/aromatic N) is 5. The summed E-state index contributed by atoms with van der Waals surface area (Å²) < 4.78 is 7.27. The average Bonchev–Trinajstić information content (AvgIpc) is 3.49. The van der Waals surface area contributed by atoms with Gasteiger partial charge >= 0.3 is 0 Å². The number of nitrogens with one attached hydrogen (secondary N) is 3. The lowest BCUT2D eigenvalue weighted by atomic mass is 9.99. The Labute approximate surface area is 233 Å². The third-order valence-electron chi connectivity index (χ3n) is 6.58. The first-order valence-electron chi connectivity index (χ1n) is 13.2. The van der Waals surface area contributed by atoms with Crippen LogP contribution >= 0.6 is 11.6 Å². The zero-order valence-electron chi connectivity index (χ0n) is 21.9. The lowest BCUT2D eigenvalue weighted by Gasteiger charge is -2.30. The number of imidazole rings is 1. The normalized spacial score (nSPS) is 17.9. The highest BCUT2D eigenvalue weighted by Crippen LogP contribution is 2.27. The van der Waals surface area contributed by atoms with E-state index < -0.39 is 6.04 Å². The van der Waals surface area contributed by atoms with Gasteiger partial charge in [0, 0.05) is 57.6 Å². The maximum Gasteiger partial charge on any atom is 0.236 e. The van der Waals surface area contributed by atoms with Crippen molar-refractivity contribution in [2.24, 2.45) is 0 Å². The molecule has 1 fully saturated rings. The van der Waals surface area contributed by atoms with Crippen LogP contribution in [0.5, 0.6) is 5.75 Å². The highest BCUT2D eigenvalue weighted by Gasteiger charge is 2.26. The molecule has 1 saturated heterocycles. The maximum absolute atomic E-state index is 13.3. The van der Waals surface area contributed by atoms with E-state index in [2.05, 4.69) is 49.2 Å². The van der Waals surface area contributed by atoms with E-state index in [0.29, 0.717) is 42.9 Å². The fraction of sp³-hybridized carbons (Fsp3) is 0.357. The van der Waals surface area contributed by atoms with Gasteiger partial charge in [-0.3, -0.25) is 9.36 Å². The molecule has 11 heteroatoms. The molecule has 1 amide bonds. The molecule has 0 spiro atoms. The monoisotopic (exact) mass is 548 g/mol. The van der Waals surface area contributed by atoms with Gasteiger partial charge in [-0.05, 0) is 48.5 Å². The van der Waals surface area contributed by atoms with Gasteiger partial charge in [0.1, 0.15) is 17.2 Å². The lowest BCUT2D eigenvalue weighted by molar-refractivity contribution is -0.122. The highest BCUT2D eigenvalue weighted by atomic mass is 35.5. The quantitative estimate of drug-likeness (QED) is 0.332. The molecule has 2 unspecified atom stereocenters. The van der Waals surface area contributed by atoms with E-state index in [1.165, 1.54) is 0 Å². The van der Waals surface area contributed by atoms with E-state index in [4.69, 9.17) is 21.3 Å². The predicted octanol–water partition coefficient (Wildman–Crippen LogP) is 2.78. The van der Waals surface area contributed by atoms with Crippen LogP contribution in [-0.4, -0.2) is 69.2 Å². The van der Waals surface area contributed by atoms with E-state index in [1.807, 2.05) is 31.2 Å². The fourth-order valence-corrected chi connectivity index (χ4v) is 4.93. The predicted molar refractivity (Wildman–Crippen MR) is 150 cm³/mol. The van der Waals surface area contributed by atoms with Gasteiger partial charge in [-0.15, -0.1) is 0 Å². The second kappa shape index (κ2) is 12.9. The van der Waals surface area contributed by atoms with Gasteiger partial charge in [0.15, 0.2) is 0 Å². The molecule has 204 valence electrons. The largest absolute Gasteiger partial charge is 0.494 e. The second-order valence-corrected chi connectivity index (χ2v) is 9.90. The Morgan fingerprint density at radius 3 is 2.87 bits per heavy atom. The molecule has 10 nitrogen and oxygen atoms in total. The van der Waals surface area contributed by atoms with E-state index in [9.17, 15) is 4.79 Å². The van der Waals surface area contributed by atoms with Crippen molar-refractivity contribution in [3.63, 3.8) is 0 Å². The minimum atomic E-state index is -0.482. The Morgan fingerprint density at radius 1 is 1.26 bits per heavy atom. The van der Waals surface area contributed by atoms with E-state index in [-0.39, 0.29) is 11.9 Å². The second-order valence-electron chi connectivity index (χ2n) is 9.51. The molecule has 2 aliphatic rings. The zero-order chi connectivity index (χ0) is 27.0. The summed E-state index contributed by atoms with van der Waals surface area (Å²) in [6, 6.07) is 9.42. The number of aromatic nitrogens is 4. The molecule has 0 bridgehead atoms. The number of rotatable bonds is 10. The molecule has 3 aromatic rings. The Hall–Kier alpha value is -3.73. The molecule has 0 aliphatic carbocycles. The molecule has 0 saturated carbocycles. The summed E-state index contributed by atoms with van der Waals surface area (Å²) in [4.78, 5) is 28.7. The summed E-state index contributed by atoms with van der Waals surface area (Å²) >= 11 is 6.44. The summed E-state index contributed by atoms with van der Waals surface area (Å²) in [6.45, 7) is 6.43. The molecule has 39 heavy (non-hydrogen) atoms. The van der Waals surface area contributed by atoms with Crippen LogP contribution in [-0.2, 0) is 11.3 Å². The Kier molecular flexibility index (Phi) is 8.87. The van der Waals surface area contributed by atoms with Crippen LogP contribution in [0.1, 0.15) is 30.6 Å². The first-order chi connectivity index (χ1) is 19.1. The summed E-state index contributed by atoms with van der Waals surface area (Å²) in [5.74, 6) is 1.19. The number of hydrogen-bond acceptors (Lipinski definition) is 8. The van der Waals surface area contributed by atoms with Gasteiger partial charge in [0.2, 0.25) is 11.9 Å². The van der Waals surface area contributed by atoms with Gasteiger partial charge < -0.3 is 25.6 Å². The van der Waals surface area contributed by atoms with Gasteiger partial charge in [-0.2, -0.15) is 0 Å². The summed E-state index contributed by atoms with van der Waals surface area (Å²) in [6.07, 6.45) is 11.5. The first kappa shape index (κ1) is 26.9. The number of halogens is 1. The van der Waals surface area contributed by atoms with Crippen LogP contribution in [0.15, 0.2) is 73.0 Å². The Bertz CT molecular complexity index is 1300. The van der Waals surface area contributed by atoms with Gasteiger partial charge in [-0.25, -0.2) is 15.0 Å². The highest BCUT2D eigenvalue weighted by molar-refractivity contribution is 6.29. The van der Waals surface area contributed by atoms with Crippen molar-refractivity contribution in [1.82, 2.24) is 40.4 Å². The van der Waals surface area contributed by atoms with Gasteiger partial charge in [-0.1, -0.05) is 29.8 Å². The van der Waals surface area contributed by atoms with Crippen molar-refractivity contribution < 1.29 is 9.53 Å². The topological polar surface area (TPSA) is 109 Å². The number of amides is 1. The van der Waals surface area contributed by atoms with Crippen molar-refractivity contribution in [2.45, 2.75) is 32.0 Å². The first-order valence-corrected chi connectivity index (χ1v) is 13.5. The van der Waals surface area contributed by atoms with Crippen molar-refractivity contribution in [3.8, 4) is 11.7 Å². The fourth-order valence-electron chi connectivity index (χ4n) is 4.74. The van der Waals surface area contributed by atoms with Crippen molar-refractivity contribution in [3.05, 3.63) is 89.4 Å². The van der Waals surface area contributed by atoms with Gasteiger partial charge in [0.05, 0.1) is 18.3 Å². The molecular formula is C28H33ClN8O2. The summed E-state index contributed by atoms with van der Waals surface area (Å²) in [5.41, 5.74) is 2.77. The van der Waals surface area contributed by atoms with Gasteiger partial charge in [0.25, 0.3) is 0 Å². The van der Waals surface area contributed by atoms with Crippen LogP contribution < -0.4 is 20.7 Å². The molecule has 0 radical (unpaired) electrons. The third kappa shape index (κ3) is 7.23. The number of allylic oxidation sites excluding steroid dienone is 2. The van der Waals surface area contributed by atoms with E-state index in [1.54, 1.807) is 29.4 Å². The standard InChI is InChI=1S/C28H33ClN8O2/c1-2-39-23-7-5-20(6-8-23)17-36-12-3-4-21(18-36)27(35-26(38)14-22-16-30-9-10-32-22)24-15-25(29)34-28(33-24)37-13-11-31-19-37/h3-8,11-13,15,19,22,27,30,32H,2,9-10,14,16-18H2,1H3,(H,35,38). The smallest absolute Gasteiger partial charge is 0.236 e. The van der Waals surface area contributed by atoms with Crippen LogP contribution in [0.3, 0.4) is 0 Å². The Balaban J connectivity index is 1.37. The molecule has 1 aromatic carbocycles. The van der Waals surface area contributed by atoms with Crippen LogP contribution in [0.2, 0.25) is 5.15 Å². The number of benzene rings is 1. The summed E-state index contributed by atoms with van der Waals surface area (Å²) in [5, 5.41) is 10.3. The zero-order valence-corrected chi connectivity index (χ0v) is 22.6. The molecule has 2 aliphatic heterocycles. The summed E-state index contributed by atoms with van der Waals surface area (Å²) in [7, 11) is 0. The van der Waals surface area contributed by atoms with E-state index in [0.717, 1.165) is 36.5 Å². The van der Waals surface area contributed by atoms with Crippen LogP contribution in [0.4, 0.5) is 0 Å². The molecule has 3 N–H and O–H groups in total. The third-order valence-corrected chi connectivity index (χ3v) is 6.77. The number of ether oxygens (including phenoxy) is 1. The molecule has 4 heterocycles. The minimum Gasteiger partial charge on any atom is -0.494 e. The molecular weight excluding hydrogens is 516 g/mol. The number of piperazine rings is 1. The number of hydrogen-bond donors (Lipinski definition) is 3. The molecule has 5 rings (SSSR count). The van der Waals surface area contributed by atoms with Crippen molar-refractivity contribution >= 4 is 17.5 Å². The van der Waals surface area contributed by atoms with Crippen LogP contribution in [0, 0.1) is 0 Å². The Morgan fingerprint density at radius 2 is 2.13 bits per heavy atom. The van der Waals surface area contributed by atoms with Crippen LogP contribution in [0.25, 0.3) is 5.95 Å². The van der Waals surface area contributed by atoms with Crippen molar-refractivity contribution in [1.29, 1.82) is 0 Å². The lowest BCUT2D eigenvalue weighted by Crippen LogP contribution is -2.50.